The van der Waals surface area contributed by atoms with Gasteiger partial charge in [0.2, 0.25) is 0 Å². The molecule has 1 atom stereocenters. The maximum absolute atomic E-state index is 11.9. The summed E-state index contributed by atoms with van der Waals surface area (Å²) in [5.74, 6) is 0.967. The standard InChI is InChI=1S/C15H24N2O3.ClH/c1-10(2)7-8-20-11(3)15(18)17-12-5-6-14(19-4)13(16)9-12;/h5-6,9-11H,7-8,16H2,1-4H3,(H,17,18);1H. The molecule has 1 aromatic rings. The van der Waals surface area contributed by atoms with Gasteiger partial charge < -0.3 is 20.5 Å². The Morgan fingerprint density at radius 2 is 2.00 bits per heavy atom. The Labute approximate surface area is 132 Å². The molecule has 0 aliphatic carbocycles. The van der Waals surface area contributed by atoms with Crippen LogP contribution in [0.2, 0.25) is 0 Å². The van der Waals surface area contributed by atoms with Crippen LogP contribution >= 0.6 is 12.4 Å². The van der Waals surface area contributed by atoms with E-state index in [1.54, 1.807) is 32.2 Å². The van der Waals surface area contributed by atoms with Gasteiger partial charge in [0.25, 0.3) is 5.91 Å². The molecule has 0 aliphatic rings. The highest BCUT2D eigenvalue weighted by Gasteiger charge is 2.14. The van der Waals surface area contributed by atoms with E-state index >= 15 is 0 Å². The van der Waals surface area contributed by atoms with Crippen molar-refractivity contribution in [3.05, 3.63) is 18.2 Å². The number of rotatable bonds is 7. The number of anilines is 2. The minimum Gasteiger partial charge on any atom is -0.495 e. The first-order valence-corrected chi connectivity index (χ1v) is 6.80. The quantitative estimate of drug-likeness (QED) is 0.758. The number of nitrogen functional groups attached to an aromatic ring is 1. The molecule has 120 valence electrons. The number of nitrogens with two attached hydrogens (primary N) is 1. The van der Waals surface area contributed by atoms with E-state index in [2.05, 4.69) is 19.2 Å². The lowest BCUT2D eigenvalue weighted by molar-refractivity contribution is -0.126. The van der Waals surface area contributed by atoms with Gasteiger partial charge >= 0.3 is 0 Å². The van der Waals surface area contributed by atoms with Crippen molar-refractivity contribution >= 4 is 29.7 Å². The summed E-state index contributed by atoms with van der Waals surface area (Å²) in [7, 11) is 1.55. The van der Waals surface area contributed by atoms with Gasteiger partial charge in [0.15, 0.2) is 0 Å². The van der Waals surface area contributed by atoms with Crippen molar-refractivity contribution in [2.75, 3.05) is 24.8 Å². The molecule has 0 aromatic heterocycles. The molecule has 21 heavy (non-hydrogen) atoms. The fraction of sp³-hybridized carbons (Fsp3) is 0.533. The van der Waals surface area contributed by atoms with Gasteiger partial charge in [-0.05, 0) is 37.5 Å². The Bertz CT molecular complexity index is 453. The van der Waals surface area contributed by atoms with Crippen LogP contribution in [0.3, 0.4) is 0 Å². The fourth-order valence-corrected chi connectivity index (χ4v) is 1.61. The van der Waals surface area contributed by atoms with Gasteiger partial charge in [-0.1, -0.05) is 13.8 Å². The van der Waals surface area contributed by atoms with Crippen molar-refractivity contribution in [2.45, 2.75) is 33.3 Å². The molecule has 0 saturated carbocycles. The zero-order chi connectivity index (χ0) is 15.1. The third-order valence-corrected chi connectivity index (χ3v) is 2.93. The highest BCUT2D eigenvalue weighted by molar-refractivity contribution is 5.94. The van der Waals surface area contributed by atoms with Crippen LogP contribution in [0.5, 0.6) is 5.75 Å². The van der Waals surface area contributed by atoms with Crippen LogP contribution in [-0.2, 0) is 9.53 Å². The van der Waals surface area contributed by atoms with E-state index in [9.17, 15) is 4.79 Å². The van der Waals surface area contributed by atoms with Gasteiger partial charge in [0, 0.05) is 12.3 Å². The lowest BCUT2D eigenvalue weighted by Gasteiger charge is -2.15. The van der Waals surface area contributed by atoms with Gasteiger partial charge in [-0.25, -0.2) is 0 Å². The molecule has 1 rings (SSSR count). The van der Waals surface area contributed by atoms with E-state index in [1.807, 2.05) is 0 Å². The number of amides is 1. The van der Waals surface area contributed by atoms with Crippen molar-refractivity contribution < 1.29 is 14.3 Å². The van der Waals surface area contributed by atoms with E-state index in [1.165, 1.54) is 0 Å². The Kier molecular flexibility index (Phi) is 8.81. The Balaban J connectivity index is 0.00000400. The molecule has 1 aromatic carbocycles. The zero-order valence-corrected chi connectivity index (χ0v) is 13.8. The molecule has 5 nitrogen and oxygen atoms in total. The smallest absolute Gasteiger partial charge is 0.253 e. The summed E-state index contributed by atoms with van der Waals surface area (Å²) in [6, 6.07) is 5.13. The topological polar surface area (TPSA) is 73.6 Å². The second-order valence-corrected chi connectivity index (χ2v) is 5.14. The monoisotopic (exact) mass is 316 g/mol. The highest BCUT2D eigenvalue weighted by atomic mass is 35.5. The van der Waals surface area contributed by atoms with Gasteiger partial charge in [-0.15, -0.1) is 12.4 Å². The Hall–Kier alpha value is -1.46. The van der Waals surface area contributed by atoms with Crippen LogP contribution in [0.25, 0.3) is 0 Å². The van der Waals surface area contributed by atoms with E-state index in [-0.39, 0.29) is 18.3 Å². The maximum atomic E-state index is 11.9. The first-order chi connectivity index (χ1) is 9.43. The Morgan fingerprint density at radius 3 is 2.52 bits per heavy atom. The zero-order valence-electron chi connectivity index (χ0n) is 13.0. The van der Waals surface area contributed by atoms with E-state index in [4.69, 9.17) is 15.2 Å². The molecule has 0 bridgehead atoms. The third kappa shape index (κ3) is 6.69. The number of ether oxygens (including phenoxy) is 2. The molecule has 0 aliphatic heterocycles. The average Bonchev–Trinajstić information content (AvgIpc) is 2.38. The molecule has 3 N–H and O–H groups in total. The average molecular weight is 317 g/mol. The van der Waals surface area contributed by atoms with Gasteiger partial charge in [0.1, 0.15) is 11.9 Å². The number of benzene rings is 1. The lowest BCUT2D eigenvalue weighted by Crippen LogP contribution is -2.28. The molecular weight excluding hydrogens is 292 g/mol. The van der Waals surface area contributed by atoms with E-state index in [0.29, 0.717) is 29.6 Å². The van der Waals surface area contributed by atoms with Crippen molar-refractivity contribution in [3.8, 4) is 5.75 Å². The molecule has 0 radical (unpaired) electrons. The second-order valence-electron chi connectivity index (χ2n) is 5.14. The molecule has 0 spiro atoms. The summed E-state index contributed by atoms with van der Waals surface area (Å²) in [5.41, 5.74) is 6.91. The molecule has 1 unspecified atom stereocenters. The first kappa shape index (κ1) is 19.5. The first-order valence-electron chi connectivity index (χ1n) is 6.80. The summed E-state index contributed by atoms with van der Waals surface area (Å²) < 4.78 is 10.6. The van der Waals surface area contributed by atoms with Gasteiger partial charge in [0.05, 0.1) is 12.8 Å². The van der Waals surface area contributed by atoms with Crippen LogP contribution in [-0.4, -0.2) is 25.7 Å². The fourth-order valence-electron chi connectivity index (χ4n) is 1.61. The predicted octanol–water partition coefficient (Wildman–Crippen LogP) is 3.09. The minimum absolute atomic E-state index is 0. The van der Waals surface area contributed by atoms with Crippen LogP contribution in [0.15, 0.2) is 18.2 Å². The molecular formula is C15H25ClN2O3. The third-order valence-electron chi connectivity index (χ3n) is 2.93. The SMILES string of the molecule is COc1ccc(NC(=O)C(C)OCCC(C)C)cc1N.Cl. The molecule has 0 heterocycles. The largest absolute Gasteiger partial charge is 0.495 e. The lowest BCUT2D eigenvalue weighted by atomic mass is 10.1. The summed E-state index contributed by atoms with van der Waals surface area (Å²) in [4.78, 5) is 11.9. The number of hydrogen-bond acceptors (Lipinski definition) is 4. The molecule has 0 saturated heterocycles. The van der Waals surface area contributed by atoms with Gasteiger partial charge in [-0.3, -0.25) is 4.79 Å². The van der Waals surface area contributed by atoms with Crippen LogP contribution < -0.4 is 15.8 Å². The van der Waals surface area contributed by atoms with Gasteiger partial charge in [-0.2, -0.15) is 0 Å². The molecule has 0 fully saturated rings. The maximum Gasteiger partial charge on any atom is 0.253 e. The van der Waals surface area contributed by atoms with Crippen molar-refractivity contribution in [3.63, 3.8) is 0 Å². The number of methoxy groups -OCH3 is 1. The van der Waals surface area contributed by atoms with Crippen molar-refractivity contribution in [2.24, 2.45) is 5.92 Å². The summed E-state index contributed by atoms with van der Waals surface area (Å²) in [6.07, 6.45) is 0.449. The number of carbonyl (C=O) groups is 1. The summed E-state index contributed by atoms with van der Waals surface area (Å²) >= 11 is 0. The Morgan fingerprint density at radius 1 is 1.33 bits per heavy atom. The normalized spacial score (nSPS) is 11.7. The highest BCUT2D eigenvalue weighted by Crippen LogP contribution is 2.24. The van der Waals surface area contributed by atoms with Crippen LogP contribution in [0, 0.1) is 5.92 Å². The van der Waals surface area contributed by atoms with Crippen molar-refractivity contribution in [1.82, 2.24) is 0 Å². The second kappa shape index (κ2) is 9.47. The predicted molar refractivity (Wildman–Crippen MR) is 88.2 cm³/mol. The number of carbonyl (C=O) groups excluding carboxylic acids is 1. The number of hydrogen-bond donors (Lipinski definition) is 2. The van der Waals surface area contributed by atoms with E-state index < -0.39 is 6.10 Å². The number of halogens is 1. The number of nitrogens with one attached hydrogen (secondary N) is 1. The van der Waals surface area contributed by atoms with Crippen LogP contribution in [0.4, 0.5) is 11.4 Å². The minimum atomic E-state index is -0.489. The van der Waals surface area contributed by atoms with Crippen LogP contribution in [0.1, 0.15) is 27.2 Å². The van der Waals surface area contributed by atoms with Crippen molar-refractivity contribution in [1.29, 1.82) is 0 Å². The summed E-state index contributed by atoms with van der Waals surface area (Å²) in [5, 5.41) is 2.77. The van der Waals surface area contributed by atoms with E-state index in [0.717, 1.165) is 6.42 Å². The molecule has 6 heteroatoms. The molecule has 1 amide bonds. The summed E-state index contributed by atoms with van der Waals surface area (Å²) in [6.45, 7) is 6.56.